The first-order valence-electron chi connectivity index (χ1n) is 10.4. The Balaban J connectivity index is 1.42. The molecule has 3 heterocycles. The number of aryl methyl sites for hydroxylation is 1. The Hall–Kier alpha value is -3.42. The van der Waals surface area contributed by atoms with Gasteiger partial charge in [0.05, 0.1) is 24.9 Å². The van der Waals surface area contributed by atoms with Gasteiger partial charge in [0.2, 0.25) is 5.91 Å². The van der Waals surface area contributed by atoms with E-state index < -0.39 is 0 Å². The maximum absolute atomic E-state index is 12.8. The summed E-state index contributed by atoms with van der Waals surface area (Å²) in [6.45, 7) is 2.92. The molecule has 1 unspecified atom stereocenters. The lowest BCUT2D eigenvalue weighted by atomic mass is 9.98. The fraction of sp³-hybridized carbons (Fsp3) is 0.391. The number of carbonyl (C=O) groups excluding carboxylic acids is 1. The van der Waals surface area contributed by atoms with Crippen molar-refractivity contribution in [2.75, 3.05) is 20.2 Å². The Kier molecular flexibility index (Phi) is 6.16. The van der Waals surface area contributed by atoms with E-state index in [2.05, 4.69) is 10.1 Å². The summed E-state index contributed by atoms with van der Waals surface area (Å²) in [5.41, 5.74) is 1.46. The van der Waals surface area contributed by atoms with E-state index in [4.69, 9.17) is 9.15 Å². The third kappa shape index (κ3) is 4.84. The van der Waals surface area contributed by atoms with Gasteiger partial charge in [-0.3, -0.25) is 9.59 Å². The Morgan fingerprint density at radius 2 is 2.10 bits per heavy atom. The van der Waals surface area contributed by atoms with E-state index in [-0.39, 0.29) is 23.9 Å². The summed E-state index contributed by atoms with van der Waals surface area (Å²) in [6.07, 6.45) is 4.10. The molecule has 0 bridgehead atoms. The van der Waals surface area contributed by atoms with Gasteiger partial charge in [-0.05, 0) is 31.9 Å². The van der Waals surface area contributed by atoms with E-state index in [0.29, 0.717) is 31.1 Å². The van der Waals surface area contributed by atoms with Crippen molar-refractivity contribution in [2.45, 2.75) is 38.6 Å². The number of rotatable bonds is 6. The van der Waals surface area contributed by atoms with Crippen molar-refractivity contribution >= 4 is 5.91 Å². The number of carbonyl (C=O) groups is 1. The van der Waals surface area contributed by atoms with Gasteiger partial charge in [-0.1, -0.05) is 18.2 Å². The van der Waals surface area contributed by atoms with Crippen molar-refractivity contribution in [2.24, 2.45) is 0 Å². The van der Waals surface area contributed by atoms with Crippen molar-refractivity contribution in [1.82, 2.24) is 19.7 Å². The molecule has 31 heavy (non-hydrogen) atoms. The summed E-state index contributed by atoms with van der Waals surface area (Å²) in [7, 11) is 1.65. The van der Waals surface area contributed by atoms with Crippen LogP contribution in [0.5, 0.6) is 5.75 Å². The second kappa shape index (κ2) is 9.16. The minimum absolute atomic E-state index is 0.0336. The van der Waals surface area contributed by atoms with Crippen molar-refractivity contribution in [3.63, 3.8) is 0 Å². The molecule has 1 amide bonds. The van der Waals surface area contributed by atoms with Gasteiger partial charge < -0.3 is 14.1 Å². The fourth-order valence-corrected chi connectivity index (χ4v) is 3.93. The molecule has 4 rings (SSSR count). The minimum atomic E-state index is -0.277. The van der Waals surface area contributed by atoms with Crippen LogP contribution in [0.25, 0.3) is 0 Å². The summed E-state index contributed by atoms with van der Waals surface area (Å²) >= 11 is 0. The fourth-order valence-electron chi connectivity index (χ4n) is 3.93. The van der Waals surface area contributed by atoms with Crippen LogP contribution in [0.2, 0.25) is 0 Å². The number of nitrogens with zero attached hydrogens (tertiary/aromatic N) is 4. The van der Waals surface area contributed by atoms with Crippen LogP contribution in [0.4, 0.5) is 0 Å². The highest BCUT2D eigenvalue weighted by molar-refractivity contribution is 5.76. The number of hydrogen-bond acceptors (Lipinski definition) is 6. The second-order valence-electron chi connectivity index (χ2n) is 7.80. The number of ether oxygens (including phenoxy) is 1. The Morgan fingerprint density at radius 3 is 2.94 bits per heavy atom. The van der Waals surface area contributed by atoms with Crippen molar-refractivity contribution < 1.29 is 13.9 Å². The number of para-hydroxylation sites is 1. The first-order valence-corrected chi connectivity index (χ1v) is 10.4. The molecule has 3 aromatic rings. The van der Waals surface area contributed by atoms with Crippen molar-refractivity contribution in [3.8, 4) is 5.75 Å². The maximum atomic E-state index is 12.8. The van der Waals surface area contributed by atoms with Crippen molar-refractivity contribution in [3.05, 3.63) is 75.9 Å². The highest BCUT2D eigenvalue weighted by Gasteiger charge is 2.28. The molecule has 1 aliphatic heterocycles. The van der Waals surface area contributed by atoms with E-state index in [0.717, 1.165) is 29.9 Å². The van der Waals surface area contributed by atoms with Gasteiger partial charge in [-0.25, -0.2) is 9.67 Å². The summed E-state index contributed by atoms with van der Waals surface area (Å²) in [4.78, 5) is 31.0. The number of methoxy groups -OCH3 is 1. The number of amides is 1. The minimum Gasteiger partial charge on any atom is -0.496 e. The van der Waals surface area contributed by atoms with Gasteiger partial charge in [-0.2, -0.15) is 5.10 Å². The molecule has 162 valence electrons. The number of piperidine rings is 1. The Bertz CT molecular complexity index is 1120. The zero-order valence-corrected chi connectivity index (χ0v) is 17.8. The molecule has 0 saturated carbocycles. The second-order valence-corrected chi connectivity index (χ2v) is 7.80. The smallest absolute Gasteiger partial charge is 0.267 e. The third-order valence-corrected chi connectivity index (χ3v) is 5.54. The zero-order chi connectivity index (χ0) is 21.8. The van der Waals surface area contributed by atoms with Crippen LogP contribution < -0.4 is 10.3 Å². The molecule has 0 N–H and O–H groups in total. The average Bonchev–Trinajstić information content (AvgIpc) is 3.25. The topological polar surface area (TPSA) is 90.5 Å². The predicted octanol–water partition coefficient (Wildman–Crippen LogP) is 2.55. The lowest BCUT2D eigenvalue weighted by Gasteiger charge is -2.31. The van der Waals surface area contributed by atoms with Gasteiger partial charge in [-0.15, -0.1) is 0 Å². The molecule has 1 atom stereocenters. The number of hydrogen-bond donors (Lipinski definition) is 0. The number of benzene rings is 1. The SMILES string of the molecule is COc1ccccc1Cc1cnc(C2CCCN(C(=O)Cn3nc(C)ccc3=O)C2)o1. The molecular formula is C23H26N4O4. The van der Waals surface area contributed by atoms with Crippen LogP contribution in [-0.4, -0.2) is 45.8 Å². The van der Waals surface area contributed by atoms with Gasteiger partial charge in [0.1, 0.15) is 18.1 Å². The van der Waals surface area contributed by atoms with Crippen molar-refractivity contribution in [1.29, 1.82) is 0 Å². The number of oxazole rings is 1. The highest BCUT2D eigenvalue weighted by Crippen LogP contribution is 2.28. The van der Waals surface area contributed by atoms with E-state index >= 15 is 0 Å². The Labute approximate surface area is 180 Å². The zero-order valence-electron chi connectivity index (χ0n) is 17.8. The van der Waals surface area contributed by atoms with Gasteiger partial charge in [0.15, 0.2) is 5.89 Å². The van der Waals surface area contributed by atoms with Crippen LogP contribution in [0.1, 0.15) is 41.7 Å². The van der Waals surface area contributed by atoms with Crippen LogP contribution in [0.15, 0.2) is 51.8 Å². The first kappa shape index (κ1) is 20.8. The largest absolute Gasteiger partial charge is 0.496 e. The molecule has 8 nitrogen and oxygen atoms in total. The Morgan fingerprint density at radius 1 is 1.26 bits per heavy atom. The van der Waals surface area contributed by atoms with Crippen LogP contribution in [0, 0.1) is 6.92 Å². The van der Waals surface area contributed by atoms with E-state index in [1.54, 1.807) is 31.2 Å². The third-order valence-electron chi connectivity index (χ3n) is 5.54. The monoisotopic (exact) mass is 422 g/mol. The molecule has 0 spiro atoms. The quantitative estimate of drug-likeness (QED) is 0.606. The van der Waals surface area contributed by atoms with E-state index in [9.17, 15) is 9.59 Å². The van der Waals surface area contributed by atoms with Crippen LogP contribution in [0.3, 0.4) is 0 Å². The molecule has 2 aromatic heterocycles. The standard InChI is InChI=1S/C23H26N4O4/c1-16-9-10-21(28)27(25-16)15-22(29)26-11-5-7-18(14-26)23-24-13-19(31-23)12-17-6-3-4-8-20(17)30-2/h3-4,6,8-10,13,18H,5,7,11-12,14-15H2,1-2H3. The predicted molar refractivity (Wildman–Crippen MR) is 114 cm³/mol. The first-order chi connectivity index (χ1) is 15.0. The summed E-state index contributed by atoms with van der Waals surface area (Å²) in [5.74, 6) is 2.14. The highest BCUT2D eigenvalue weighted by atomic mass is 16.5. The number of likely N-dealkylation sites (tertiary alicyclic amines) is 1. The molecule has 0 radical (unpaired) electrons. The van der Waals surface area contributed by atoms with Gasteiger partial charge in [0, 0.05) is 31.1 Å². The molecule has 1 aromatic carbocycles. The van der Waals surface area contributed by atoms with E-state index in [1.165, 1.54) is 10.7 Å². The summed E-state index contributed by atoms with van der Waals surface area (Å²) in [5, 5.41) is 4.16. The molecule has 1 aliphatic rings. The summed E-state index contributed by atoms with van der Waals surface area (Å²) in [6, 6.07) is 10.9. The molecule has 1 fully saturated rings. The maximum Gasteiger partial charge on any atom is 0.267 e. The lowest BCUT2D eigenvalue weighted by molar-refractivity contribution is -0.133. The summed E-state index contributed by atoms with van der Waals surface area (Å²) < 4.78 is 12.7. The lowest BCUT2D eigenvalue weighted by Crippen LogP contribution is -2.42. The molecule has 0 aliphatic carbocycles. The molecule has 1 saturated heterocycles. The molecule has 8 heteroatoms. The number of aromatic nitrogens is 3. The average molecular weight is 422 g/mol. The van der Waals surface area contributed by atoms with Gasteiger partial charge >= 0.3 is 0 Å². The molecular weight excluding hydrogens is 396 g/mol. The van der Waals surface area contributed by atoms with E-state index in [1.807, 2.05) is 24.3 Å². The normalized spacial score (nSPS) is 16.3. The van der Waals surface area contributed by atoms with Crippen LogP contribution >= 0.6 is 0 Å². The van der Waals surface area contributed by atoms with Gasteiger partial charge in [0.25, 0.3) is 5.56 Å². The van der Waals surface area contributed by atoms with Crippen LogP contribution in [-0.2, 0) is 17.8 Å².